The minimum absolute atomic E-state index is 0.773. The largest absolute Gasteiger partial charge is 0.500 e. The molecule has 0 atom stereocenters. The summed E-state index contributed by atoms with van der Waals surface area (Å²) < 4.78 is 18.0. The Morgan fingerprint density at radius 2 is 0.950 bits per heavy atom. The van der Waals surface area contributed by atoms with Crippen molar-refractivity contribution in [3.05, 3.63) is 0 Å². The highest BCUT2D eigenvalue weighted by molar-refractivity contribution is 6.60. The molecule has 0 aliphatic carbocycles. The highest BCUT2D eigenvalue weighted by Crippen LogP contribution is 2.17. The van der Waals surface area contributed by atoms with Gasteiger partial charge in [-0.05, 0) is 26.3 Å². The van der Waals surface area contributed by atoms with Crippen LogP contribution in [0.5, 0.6) is 0 Å². The molecule has 0 aromatic rings. The van der Waals surface area contributed by atoms with Crippen LogP contribution in [0.1, 0.15) is 66.2 Å². The van der Waals surface area contributed by atoms with E-state index in [0.29, 0.717) is 0 Å². The summed E-state index contributed by atoms with van der Waals surface area (Å²) in [5.41, 5.74) is 4.50. The first kappa shape index (κ1) is 22.3. The second-order valence-electron chi connectivity index (χ2n) is 4.64. The summed E-state index contributed by atoms with van der Waals surface area (Å²) >= 11 is 0. The van der Waals surface area contributed by atoms with Gasteiger partial charge in [-0.15, -0.1) is 0 Å². The molecule has 5 heteroatoms. The maximum absolute atomic E-state index is 6.01. The molecule has 4 nitrogen and oxygen atoms in total. The summed E-state index contributed by atoms with van der Waals surface area (Å²) in [7, 11) is -0.881. The lowest BCUT2D eigenvalue weighted by molar-refractivity contribution is 0.0574. The van der Waals surface area contributed by atoms with Gasteiger partial charge in [-0.25, -0.2) is 0 Å². The second kappa shape index (κ2) is 17.1. The van der Waals surface area contributed by atoms with Gasteiger partial charge in [0.05, 0.1) is 0 Å². The van der Waals surface area contributed by atoms with Crippen molar-refractivity contribution in [2.75, 3.05) is 26.9 Å². The first-order valence-corrected chi connectivity index (χ1v) is 10.2. The summed E-state index contributed by atoms with van der Waals surface area (Å²) in [4.78, 5) is 0. The van der Waals surface area contributed by atoms with Crippen LogP contribution in [0.2, 0.25) is 6.04 Å². The Morgan fingerprint density at radius 1 is 0.650 bits per heavy atom. The molecular weight excluding hydrogens is 270 g/mol. The van der Waals surface area contributed by atoms with Crippen LogP contribution in [0.3, 0.4) is 0 Å². The van der Waals surface area contributed by atoms with Gasteiger partial charge in [0.25, 0.3) is 0 Å². The lowest BCUT2D eigenvalue weighted by Crippen LogP contribution is -2.46. The fourth-order valence-corrected chi connectivity index (χ4v) is 3.78. The van der Waals surface area contributed by atoms with Crippen LogP contribution in [0, 0.1) is 0 Å². The SMILES string of the molecule is CCCCO[Si](CC)(OCCCC)OCCCC.CN. The Labute approximate surface area is 127 Å². The van der Waals surface area contributed by atoms with E-state index >= 15 is 0 Å². The standard InChI is InChI=1S/C14H32O3Si.CH5N/c1-5-9-12-15-18(8-4,16-13-10-6-2)17-14-11-7-3;1-2/h5-14H2,1-4H3;2H2,1H3. The number of unbranched alkanes of at least 4 members (excludes halogenated alkanes) is 3. The predicted molar refractivity (Wildman–Crippen MR) is 88.9 cm³/mol. The van der Waals surface area contributed by atoms with Crippen LogP contribution in [0.25, 0.3) is 0 Å². The van der Waals surface area contributed by atoms with E-state index in [1.54, 1.807) is 0 Å². The zero-order valence-electron chi connectivity index (χ0n) is 14.4. The van der Waals surface area contributed by atoms with Crippen molar-refractivity contribution in [2.45, 2.75) is 72.3 Å². The van der Waals surface area contributed by atoms with E-state index in [-0.39, 0.29) is 0 Å². The minimum atomic E-state index is -2.38. The van der Waals surface area contributed by atoms with Gasteiger partial charge in [0.15, 0.2) is 0 Å². The molecule has 2 N–H and O–H groups in total. The zero-order valence-corrected chi connectivity index (χ0v) is 15.4. The van der Waals surface area contributed by atoms with Crippen molar-refractivity contribution in [2.24, 2.45) is 5.73 Å². The van der Waals surface area contributed by atoms with Crippen LogP contribution in [0.4, 0.5) is 0 Å². The van der Waals surface area contributed by atoms with Crippen molar-refractivity contribution in [3.8, 4) is 0 Å². The Balaban J connectivity index is 0. The maximum atomic E-state index is 6.01. The maximum Gasteiger partial charge on any atom is 0.500 e. The average molecular weight is 308 g/mol. The third-order valence-corrected chi connectivity index (χ3v) is 5.69. The third kappa shape index (κ3) is 11.8. The number of rotatable bonds is 13. The Morgan fingerprint density at radius 3 is 1.15 bits per heavy atom. The molecule has 0 saturated heterocycles. The lowest BCUT2D eigenvalue weighted by Gasteiger charge is -2.28. The van der Waals surface area contributed by atoms with E-state index in [4.69, 9.17) is 13.3 Å². The minimum Gasteiger partial charge on any atom is -0.373 e. The fraction of sp³-hybridized carbons (Fsp3) is 1.00. The van der Waals surface area contributed by atoms with Crippen molar-refractivity contribution < 1.29 is 13.3 Å². The monoisotopic (exact) mass is 307 g/mol. The van der Waals surface area contributed by atoms with Gasteiger partial charge in [0.1, 0.15) is 0 Å². The van der Waals surface area contributed by atoms with Crippen molar-refractivity contribution in [3.63, 3.8) is 0 Å². The first-order chi connectivity index (χ1) is 9.74. The highest BCUT2D eigenvalue weighted by Gasteiger charge is 2.38. The number of hydrogen-bond donors (Lipinski definition) is 1. The summed E-state index contributed by atoms with van der Waals surface area (Å²) in [5.74, 6) is 0. The van der Waals surface area contributed by atoms with Crippen LogP contribution >= 0.6 is 0 Å². The molecule has 0 aliphatic heterocycles. The molecule has 0 radical (unpaired) electrons. The Hall–Kier alpha value is 0.0569. The van der Waals surface area contributed by atoms with Crippen LogP contribution in [-0.2, 0) is 13.3 Å². The van der Waals surface area contributed by atoms with E-state index in [9.17, 15) is 0 Å². The molecule has 0 amide bonds. The van der Waals surface area contributed by atoms with Gasteiger partial charge in [0.2, 0.25) is 0 Å². The van der Waals surface area contributed by atoms with E-state index in [0.717, 1.165) is 64.4 Å². The van der Waals surface area contributed by atoms with Gasteiger partial charge < -0.3 is 19.0 Å². The van der Waals surface area contributed by atoms with Crippen molar-refractivity contribution in [1.82, 2.24) is 0 Å². The van der Waals surface area contributed by atoms with E-state index in [2.05, 4.69) is 33.4 Å². The smallest absolute Gasteiger partial charge is 0.373 e. The van der Waals surface area contributed by atoms with Crippen LogP contribution in [-0.4, -0.2) is 35.7 Å². The Bertz CT molecular complexity index is 156. The van der Waals surface area contributed by atoms with Crippen molar-refractivity contribution in [1.29, 1.82) is 0 Å². The predicted octanol–water partition coefficient (Wildman–Crippen LogP) is 3.97. The summed E-state index contributed by atoms with van der Waals surface area (Å²) in [6.07, 6.45) is 6.71. The molecule has 0 saturated carbocycles. The van der Waals surface area contributed by atoms with Crippen LogP contribution < -0.4 is 5.73 Å². The Kier molecular flexibility index (Phi) is 19.1. The molecule has 0 rings (SSSR count). The third-order valence-electron chi connectivity index (χ3n) is 2.89. The second-order valence-corrected chi connectivity index (χ2v) is 7.58. The van der Waals surface area contributed by atoms with Gasteiger partial charge in [-0.3, -0.25) is 0 Å². The molecule has 0 heterocycles. The normalized spacial score (nSPS) is 11.1. The van der Waals surface area contributed by atoms with Gasteiger partial charge in [-0.2, -0.15) is 0 Å². The molecule has 0 aromatic carbocycles. The molecule has 0 bridgehead atoms. The molecule has 0 unspecified atom stereocenters. The molecule has 0 aliphatic rings. The molecule has 124 valence electrons. The van der Waals surface area contributed by atoms with E-state index < -0.39 is 8.80 Å². The van der Waals surface area contributed by atoms with E-state index in [1.807, 2.05) is 0 Å². The molecule has 0 fully saturated rings. The number of nitrogens with two attached hydrogens (primary N) is 1. The zero-order chi connectivity index (χ0) is 15.7. The molecule has 20 heavy (non-hydrogen) atoms. The van der Waals surface area contributed by atoms with Gasteiger partial charge in [0, 0.05) is 25.9 Å². The summed E-state index contributed by atoms with van der Waals surface area (Å²) in [5, 5.41) is 0. The average Bonchev–Trinajstić information content (AvgIpc) is 2.49. The molecule has 0 spiro atoms. The summed E-state index contributed by atoms with van der Waals surface area (Å²) in [6.45, 7) is 11.0. The first-order valence-electron chi connectivity index (χ1n) is 8.24. The molecular formula is C15H37NO3Si. The summed E-state index contributed by atoms with van der Waals surface area (Å²) in [6, 6.07) is 0.879. The fourth-order valence-electron chi connectivity index (χ4n) is 1.55. The topological polar surface area (TPSA) is 53.7 Å². The quantitative estimate of drug-likeness (QED) is 0.413. The van der Waals surface area contributed by atoms with Gasteiger partial charge >= 0.3 is 8.80 Å². The van der Waals surface area contributed by atoms with Crippen LogP contribution in [0.15, 0.2) is 0 Å². The number of hydrogen-bond acceptors (Lipinski definition) is 4. The van der Waals surface area contributed by atoms with E-state index in [1.165, 1.54) is 7.05 Å². The molecule has 0 aromatic heterocycles. The highest BCUT2D eigenvalue weighted by atomic mass is 28.4. The lowest BCUT2D eigenvalue weighted by atomic mass is 10.4. The van der Waals surface area contributed by atoms with Gasteiger partial charge in [-0.1, -0.05) is 47.0 Å². The van der Waals surface area contributed by atoms with Crippen molar-refractivity contribution >= 4 is 8.80 Å².